The largest absolute Gasteiger partial charge is 0.329 e. The molecule has 0 bridgehead atoms. The van der Waals surface area contributed by atoms with Gasteiger partial charge in [0.2, 0.25) is 5.91 Å². The van der Waals surface area contributed by atoms with Crippen LogP contribution in [0.15, 0.2) is 59.3 Å². The lowest BCUT2D eigenvalue weighted by Gasteiger charge is -2.36. The molecule has 0 radical (unpaired) electrons. The minimum absolute atomic E-state index is 0.169. The van der Waals surface area contributed by atoms with Gasteiger partial charge >= 0.3 is 6.03 Å². The lowest BCUT2D eigenvalue weighted by Crippen LogP contribution is -2.48. The van der Waals surface area contributed by atoms with Crippen molar-refractivity contribution >= 4 is 40.5 Å². The summed E-state index contributed by atoms with van der Waals surface area (Å²) in [4.78, 5) is 44.7. The maximum absolute atomic E-state index is 13.4. The number of benzene rings is 1. The molecule has 5 rings (SSSR count). The van der Waals surface area contributed by atoms with Gasteiger partial charge in [0.1, 0.15) is 12.1 Å². The van der Waals surface area contributed by atoms with Gasteiger partial charge in [0.15, 0.2) is 0 Å². The number of hydrogen-bond acceptors (Lipinski definition) is 5. The van der Waals surface area contributed by atoms with Gasteiger partial charge in [-0.05, 0) is 60.2 Å². The molecule has 2 atom stereocenters. The standard InChI is InChI=1S/C25H25N3O3S2/c1-25(12-9-17-6-3-2-4-7-17)23(30)28(24(31)26-25)16-21(29)27-13-10-19-18(11-15-33-19)22(27)20-8-5-14-32-20/h2-8,11,14-15,22H,9-10,12-13,16H2,1H3,(H,26,31)/t22-,25+/m0/s1. The van der Waals surface area contributed by atoms with E-state index in [1.165, 1.54) is 4.88 Å². The van der Waals surface area contributed by atoms with Crippen LogP contribution >= 0.6 is 22.7 Å². The first kappa shape index (κ1) is 21.9. The summed E-state index contributed by atoms with van der Waals surface area (Å²) < 4.78 is 0. The number of carbonyl (C=O) groups is 3. The Hall–Kier alpha value is -2.97. The molecule has 33 heavy (non-hydrogen) atoms. The van der Waals surface area contributed by atoms with Gasteiger partial charge in [0, 0.05) is 16.3 Å². The number of fused-ring (bicyclic) bond motifs is 1. The molecule has 1 aromatic carbocycles. The zero-order valence-electron chi connectivity index (χ0n) is 18.3. The summed E-state index contributed by atoms with van der Waals surface area (Å²) in [5.41, 5.74) is 1.24. The normalized spacial score (nSPS) is 22.4. The highest BCUT2D eigenvalue weighted by molar-refractivity contribution is 7.10. The minimum atomic E-state index is -1.01. The third-order valence-corrected chi connectivity index (χ3v) is 8.42. The van der Waals surface area contributed by atoms with Crippen molar-refractivity contribution < 1.29 is 14.4 Å². The van der Waals surface area contributed by atoms with Gasteiger partial charge in [0.05, 0.1) is 6.04 Å². The molecule has 2 aliphatic heterocycles. The maximum atomic E-state index is 13.4. The number of urea groups is 1. The van der Waals surface area contributed by atoms with Crippen LogP contribution in [0.25, 0.3) is 0 Å². The second kappa shape index (κ2) is 8.76. The van der Waals surface area contributed by atoms with Crippen molar-refractivity contribution in [1.29, 1.82) is 0 Å². The third-order valence-electron chi connectivity index (χ3n) is 6.49. The Morgan fingerprint density at radius 3 is 2.67 bits per heavy atom. The maximum Gasteiger partial charge on any atom is 0.325 e. The van der Waals surface area contributed by atoms with Gasteiger partial charge in [-0.2, -0.15) is 0 Å². The second-order valence-corrected chi connectivity index (χ2v) is 10.7. The van der Waals surface area contributed by atoms with E-state index in [2.05, 4.69) is 16.8 Å². The number of hydrogen-bond donors (Lipinski definition) is 1. The van der Waals surface area contributed by atoms with Crippen molar-refractivity contribution in [3.63, 3.8) is 0 Å². The van der Waals surface area contributed by atoms with Gasteiger partial charge in [0.25, 0.3) is 5.91 Å². The Morgan fingerprint density at radius 2 is 1.91 bits per heavy atom. The lowest BCUT2D eigenvalue weighted by atomic mass is 9.93. The van der Waals surface area contributed by atoms with E-state index in [0.717, 1.165) is 27.3 Å². The van der Waals surface area contributed by atoms with E-state index in [4.69, 9.17) is 0 Å². The van der Waals surface area contributed by atoms with E-state index in [1.807, 2.05) is 52.7 Å². The Morgan fingerprint density at radius 1 is 1.09 bits per heavy atom. The molecule has 0 spiro atoms. The molecule has 1 N–H and O–H groups in total. The van der Waals surface area contributed by atoms with E-state index in [-0.39, 0.29) is 24.4 Å². The summed E-state index contributed by atoms with van der Waals surface area (Å²) in [6, 6.07) is 15.3. The zero-order valence-corrected chi connectivity index (χ0v) is 20.0. The van der Waals surface area contributed by atoms with Crippen molar-refractivity contribution in [2.45, 2.75) is 37.8 Å². The van der Waals surface area contributed by atoms with E-state index >= 15 is 0 Å². The Kier molecular flexibility index (Phi) is 5.80. The van der Waals surface area contributed by atoms with Crippen LogP contribution in [-0.2, 0) is 22.4 Å². The first-order chi connectivity index (χ1) is 16.0. The molecular weight excluding hydrogens is 454 g/mol. The average molecular weight is 480 g/mol. The first-order valence-electron chi connectivity index (χ1n) is 11.0. The molecule has 2 aliphatic rings. The molecule has 6 nitrogen and oxygen atoms in total. The monoisotopic (exact) mass is 479 g/mol. The summed E-state index contributed by atoms with van der Waals surface area (Å²) in [7, 11) is 0. The SMILES string of the molecule is C[C@]1(CCc2ccccc2)NC(=O)N(CC(=O)N2CCc3sccc3[C@H]2c2cccs2)C1=O. The van der Waals surface area contributed by atoms with E-state index < -0.39 is 11.6 Å². The third kappa shape index (κ3) is 4.09. The van der Waals surface area contributed by atoms with Crippen LogP contribution in [0, 0.1) is 0 Å². The van der Waals surface area contributed by atoms with Gasteiger partial charge in [-0.1, -0.05) is 36.4 Å². The van der Waals surface area contributed by atoms with Crippen LogP contribution < -0.4 is 5.32 Å². The molecule has 0 saturated carbocycles. The quantitative estimate of drug-likeness (QED) is 0.538. The number of imide groups is 1. The van der Waals surface area contributed by atoms with Gasteiger partial charge in [-0.25, -0.2) is 4.79 Å². The fraction of sp³-hybridized carbons (Fsp3) is 0.320. The highest BCUT2D eigenvalue weighted by Gasteiger charge is 2.48. The molecule has 0 aliphatic carbocycles. The van der Waals surface area contributed by atoms with Crippen LogP contribution in [0.1, 0.15) is 40.3 Å². The zero-order chi connectivity index (χ0) is 23.0. The van der Waals surface area contributed by atoms with Crippen molar-refractivity contribution in [3.05, 3.63) is 80.2 Å². The highest BCUT2D eigenvalue weighted by atomic mass is 32.1. The molecule has 2 aromatic heterocycles. The van der Waals surface area contributed by atoms with Crippen molar-refractivity contribution in [2.75, 3.05) is 13.1 Å². The molecular formula is C25H25N3O3S2. The first-order valence-corrected chi connectivity index (χ1v) is 12.8. The second-order valence-electron chi connectivity index (χ2n) is 8.69. The fourth-order valence-corrected chi connectivity index (χ4v) is 6.42. The number of rotatable bonds is 6. The molecule has 3 aromatic rings. The van der Waals surface area contributed by atoms with Crippen LogP contribution in [0.2, 0.25) is 0 Å². The van der Waals surface area contributed by atoms with Crippen LogP contribution in [-0.4, -0.2) is 46.3 Å². The Balaban J connectivity index is 1.32. The molecule has 4 heterocycles. The number of aryl methyl sites for hydroxylation is 1. The molecule has 170 valence electrons. The number of thiophene rings is 2. The Labute approximate surface area is 200 Å². The summed E-state index contributed by atoms with van der Waals surface area (Å²) >= 11 is 3.33. The lowest BCUT2D eigenvalue weighted by molar-refractivity contribution is -0.140. The molecule has 1 fully saturated rings. The topological polar surface area (TPSA) is 69.7 Å². The van der Waals surface area contributed by atoms with Crippen molar-refractivity contribution in [2.24, 2.45) is 0 Å². The molecule has 0 unspecified atom stereocenters. The molecule has 4 amide bonds. The highest BCUT2D eigenvalue weighted by Crippen LogP contribution is 2.39. The van der Waals surface area contributed by atoms with E-state index in [0.29, 0.717) is 19.4 Å². The summed E-state index contributed by atoms with van der Waals surface area (Å²) in [6.07, 6.45) is 1.93. The predicted octanol–water partition coefficient (Wildman–Crippen LogP) is 4.23. The molecule has 8 heteroatoms. The van der Waals surface area contributed by atoms with Gasteiger partial charge in [-0.15, -0.1) is 22.7 Å². The van der Waals surface area contributed by atoms with Crippen LogP contribution in [0.5, 0.6) is 0 Å². The predicted molar refractivity (Wildman–Crippen MR) is 129 cm³/mol. The fourth-order valence-electron chi connectivity index (χ4n) is 4.66. The summed E-state index contributed by atoms with van der Waals surface area (Å²) in [5, 5.41) is 6.90. The average Bonchev–Trinajstić information content (AvgIpc) is 3.56. The van der Waals surface area contributed by atoms with E-state index in [9.17, 15) is 14.4 Å². The number of nitrogens with zero attached hydrogens (tertiary/aromatic N) is 2. The van der Waals surface area contributed by atoms with Gasteiger partial charge in [-0.3, -0.25) is 14.5 Å². The smallest absolute Gasteiger partial charge is 0.325 e. The summed E-state index contributed by atoms with van der Waals surface area (Å²) in [5.74, 6) is -0.543. The van der Waals surface area contributed by atoms with Crippen molar-refractivity contribution in [3.8, 4) is 0 Å². The molecule has 1 saturated heterocycles. The van der Waals surface area contributed by atoms with E-state index in [1.54, 1.807) is 29.6 Å². The number of carbonyl (C=O) groups excluding carboxylic acids is 3. The van der Waals surface area contributed by atoms with Crippen molar-refractivity contribution in [1.82, 2.24) is 15.1 Å². The summed E-state index contributed by atoms with van der Waals surface area (Å²) in [6.45, 7) is 2.07. The minimum Gasteiger partial charge on any atom is -0.329 e. The number of nitrogens with one attached hydrogen (secondary N) is 1. The van der Waals surface area contributed by atoms with Crippen LogP contribution in [0.4, 0.5) is 4.79 Å². The van der Waals surface area contributed by atoms with Gasteiger partial charge < -0.3 is 10.2 Å². The van der Waals surface area contributed by atoms with Crippen LogP contribution in [0.3, 0.4) is 0 Å². The Bertz CT molecular complexity index is 1170. The number of amides is 4.